The summed E-state index contributed by atoms with van der Waals surface area (Å²) in [4.78, 5) is 54.3. The van der Waals surface area contributed by atoms with Gasteiger partial charge in [0.05, 0.1) is 23.7 Å². The van der Waals surface area contributed by atoms with Crippen LogP contribution in [-0.2, 0) is 30.3 Å². The summed E-state index contributed by atoms with van der Waals surface area (Å²) >= 11 is 3.38. The molecule has 1 aliphatic carbocycles. The maximum absolute atomic E-state index is 14.8. The summed E-state index contributed by atoms with van der Waals surface area (Å²) < 4.78 is 31.0. The molecule has 3 aliphatic rings. The number of rotatable bonds is 17. The highest BCUT2D eigenvalue weighted by Gasteiger charge is 2.46. The van der Waals surface area contributed by atoms with Gasteiger partial charge in [0.1, 0.15) is 23.9 Å². The Bertz CT molecular complexity index is 1940. The number of piperazine rings is 1. The van der Waals surface area contributed by atoms with Crippen molar-refractivity contribution in [3.8, 4) is 11.5 Å². The summed E-state index contributed by atoms with van der Waals surface area (Å²) in [6, 6.07) is 17.3. The number of carboxylic acid groups (broad SMARTS) is 1. The number of hydrogen-bond acceptors (Lipinski definition) is 9. The number of aliphatic carboxylic acids is 1. The average Bonchev–Trinajstić information content (AvgIpc) is 4.01. The number of nitrogens with zero attached hydrogens (tertiary/aromatic N) is 2. The zero-order chi connectivity index (χ0) is 39.2. The fraction of sp³-hybridized carbons (Fsp3) is 0.415. The van der Waals surface area contributed by atoms with Gasteiger partial charge in [-0.05, 0) is 114 Å². The predicted molar refractivity (Wildman–Crippen MR) is 204 cm³/mol. The van der Waals surface area contributed by atoms with Crippen molar-refractivity contribution in [2.75, 3.05) is 32.8 Å². The summed E-state index contributed by atoms with van der Waals surface area (Å²) in [5.74, 6) is -1.94. The van der Waals surface area contributed by atoms with Crippen molar-refractivity contribution in [3.63, 3.8) is 0 Å². The molecule has 0 unspecified atom stereocenters. The average molecular weight is 823 g/mol. The monoisotopic (exact) mass is 821 g/mol. The fourth-order valence-electron chi connectivity index (χ4n) is 7.16. The second kappa shape index (κ2) is 17.8. The van der Waals surface area contributed by atoms with Gasteiger partial charge >= 0.3 is 5.97 Å². The first kappa shape index (κ1) is 39.9. The Labute approximate surface area is 327 Å². The second-order valence-electron chi connectivity index (χ2n) is 14.2. The summed E-state index contributed by atoms with van der Waals surface area (Å²) in [6.07, 6.45) is -0.686. The molecule has 1 saturated heterocycles. The molecule has 4 atom stereocenters. The standard InChI is InChI=1S/C41H45BrFN3O9/c1-24-5-13-31(18-25(24)2)53-17-15-46(30-11-12-30)39(49)36-32(20-29-21-45(22-34(36)44-29)40(50)38(55-23-47)37(48)41(51)52)27-8-6-26(7-9-27)4-3-16-54-35-19-28(43)10-14-33(35)42/h5-10,13-14,18-19,23,29-30,34,37-38,44,48H,3-4,11-12,15-17,20-22H2,1-2H3,(H,51,52)/t29-,34-,37+,38+/m1/s1. The van der Waals surface area contributed by atoms with Crippen LogP contribution in [-0.4, -0.2) is 107 Å². The van der Waals surface area contributed by atoms with Crippen molar-refractivity contribution in [1.82, 2.24) is 15.1 Å². The first-order valence-corrected chi connectivity index (χ1v) is 19.2. The third-order valence-corrected chi connectivity index (χ3v) is 11.0. The maximum atomic E-state index is 14.8. The second-order valence-corrected chi connectivity index (χ2v) is 15.1. The first-order valence-electron chi connectivity index (χ1n) is 18.4. The van der Waals surface area contributed by atoms with Crippen LogP contribution < -0.4 is 14.8 Å². The van der Waals surface area contributed by atoms with Gasteiger partial charge in [-0.3, -0.25) is 14.4 Å². The van der Waals surface area contributed by atoms with Gasteiger partial charge in [0.15, 0.2) is 6.10 Å². The van der Waals surface area contributed by atoms with Crippen LogP contribution in [0.5, 0.6) is 11.5 Å². The van der Waals surface area contributed by atoms with E-state index < -0.39 is 30.1 Å². The molecule has 2 aliphatic heterocycles. The molecule has 55 heavy (non-hydrogen) atoms. The molecule has 0 aromatic heterocycles. The summed E-state index contributed by atoms with van der Waals surface area (Å²) in [5.41, 5.74) is 5.54. The molecule has 3 N–H and O–H groups in total. The Kier molecular flexibility index (Phi) is 12.9. The number of aliphatic hydroxyl groups is 1. The van der Waals surface area contributed by atoms with Crippen LogP contribution >= 0.6 is 15.9 Å². The molecular formula is C41H45BrFN3O9. The van der Waals surface area contributed by atoms with Crippen molar-refractivity contribution >= 4 is 45.8 Å². The van der Waals surface area contributed by atoms with Crippen LogP contribution in [0.3, 0.4) is 0 Å². The number of carbonyl (C=O) groups excluding carboxylic acids is 3. The largest absolute Gasteiger partial charge is 0.492 e. The normalized spacial score (nSPS) is 19.0. The lowest BCUT2D eigenvalue weighted by molar-refractivity contribution is -0.170. The summed E-state index contributed by atoms with van der Waals surface area (Å²) in [5, 5.41) is 23.1. The van der Waals surface area contributed by atoms with E-state index in [1.165, 1.54) is 17.0 Å². The SMILES string of the molecule is Cc1ccc(OCCN(C(=O)C2=C(c3ccc(CCCOc4cc(F)ccc4Br)cc3)C[C@@H]3CN(C(=O)[C@@H](OC=O)[C@H](O)C(=O)O)C[C@H]2N3)C2CC2)cc1C. The van der Waals surface area contributed by atoms with Gasteiger partial charge in [0, 0.05) is 36.8 Å². The number of carboxylic acids is 1. The van der Waals surface area contributed by atoms with E-state index in [1.54, 1.807) is 6.07 Å². The minimum Gasteiger partial charge on any atom is -0.492 e. The Morgan fingerprint density at radius 2 is 1.78 bits per heavy atom. The molecule has 14 heteroatoms. The quantitative estimate of drug-likeness (QED) is 0.130. The Balaban J connectivity index is 1.23. The van der Waals surface area contributed by atoms with E-state index in [-0.39, 0.29) is 50.0 Å². The van der Waals surface area contributed by atoms with E-state index in [1.807, 2.05) is 61.2 Å². The highest BCUT2D eigenvalue weighted by Crippen LogP contribution is 2.37. The van der Waals surface area contributed by atoms with Gasteiger partial charge in [-0.2, -0.15) is 0 Å². The number of halogens is 2. The van der Waals surface area contributed by atoms with Gasteiger partial charge < -0.3 is 39.5 Å². The third-order valence-electron chi connectivity index (χ3n) is 10.3. The Morgan fingerprint density at radius 3 is 2.47 bits per heavy atom. The first-order chi connectivity index (χ1) is 26.4. The Morgan fingerprint density at radius 1 is 1.02 bits per heavy atom. The van der Waals surface area contributed by atoms with E-state index in [0.29, 0.717) is 48.2 Å². The lowest BCUT2D eigenvalue weighted by Gasteiger charge is -2.45. The molecule has 292 valence electrons. The van der Waals surface area contributed by atoms with Crippen LogP contribution in [0.15, 0.2) is 70.7 Å². The fourth-order valence-corrected chi connectivity index (χ4v) is 7.52. The lowest BCUT2D eigenvalue weighted by atomic mass is 9.82. The van der Waals surface area contributed by atoms with Crippen LogP contribution in [0.2, 0.25) is 0 Å². The van der Waals surface area contributed by atoms with Crippen LogP contribution in [0, 0.1) is 19.7 Å². The molecule has 2 fully saturated rings. The number of fused-ring (bicyclic) bond motifs is 2. The van der Waals surface area contributed by atoms with Gasteiger partial charge in [0.2, 0.25) is 6.10 Å². The maximum Gasteiger partial charge on any atom is 0.337 e. The number of hydrogen-bond donors (Lipinski definition) is 3. The van der Waals surface area contributed by atoms with Crippen LogP contribution in [0.25, 0.3) is 5.57 Å². The number of nitrogens with one attached hydrogen (secondary N) is 1. The van der Waals surface area contributed by atoms with Gasteiger partial charge in [0.25, 0.3) is 18.3 Å². The third kappa shape index (κ3) is 9.72. The molecule has 2 heterocycles. The number of ether oxygens (including phenoxy) is 3. The number of benzene rings is 3. The minimum absolute atomic E-state index is 0.0118. The topological polar surface area (TPSA) is 155 Å². The minimum atomic E-state index is -2.25. The summed E-state index contributed by atoms with van der Waals surface area (Å²) in [6.45, 7) is 5.14. The van der Waals surface area contributed by atoms with E-state index in [4.69, 9.17) is 14.2 Å². The van der Waals surface area contributed by atoms with Crippen molar-refractivity contribution in [3.05, 3.63) is 98.8 Å². The van der Waals surface area contributed by atoms with E-state index in [9.17, 15) is 33.8 Å². The molecular weight excluding hydrogens is 777 g/mol. The van der Waals surface area contributed by atoms with E-state index in [2.05, 4.69) is 21.2 Å². The molecule has 6 rings (SSSR count). The number of aryl methyl sites for hydroxylation is 3. The molecule has 2 bridgehead atoms. The molecule has 3 aromatic carbocycles. The number of carbonyl (C=O) groups is 4. The molecule has 0 radical (unpaired) electrons. The smallest absolute Gasteiger partial charge is 0.337 e. The molecule has 0 spiro atoms. The number of aliphatic hydroxyl groups excluding tert-OH is 1. The van der Waals surface area contributed by atoms with Crippen molar-refractivity contribution in [2.45, 2.75) is 76.3 Å². The van der Waals surface area contributed by atoms with E-state index >= 15 is 0 Å². The molecule has 12 nitrogen and oxygen atoms in total. The lowest BCUT2D eigenvalue weighted by Crippen LogP contribution is -2.64. The van der Waals surface area contributed by atoms with Crippen LogP contribution in [0.1, 0.15) is 47.9 Å². The van der Waals surface area contributed by atoms with Crippen LogP contribution in [0.4, 0.5) is 4.39 Å². The van der Waals surface area contributed by atoms with E-state index in [0.717, 1.165) is 46.4 Å². The van der Waals surface area contributed by atoms with Gasteiger partial charge in [-0.1, -0.05) is 30.3 Å². The molecule has 2 amide bonds. The Hall–Kier alpha value is -4.79. The number of amides is 2. The zero-order valence-corrected chi connectivity index (χ0v) is 32.3. The van der Waals surface area contributed by atoms with Gasteiger partial charge in [-0.25, -0.2) is 9.18 Å². The van der Waals surface area contributed by atoms with Crippen molar-refractivity contribution in [1.29, 1.82) is 0 Å². The highest BCUT2D eigenvalue weighted by atomic mass is 79.9. The predicted octanol–water partition coefficient (Wildman–Crippen LogP) is 4.60. The van der Waals surface area contributed by atoms with Crippen molar-refractivity contribution in [2.24, 2.45) is 0 Å². The molecule has 1 saturated carbocycles. The summed E-state index contributed by atoms with van der Waals surface area (Å²) in [7, 11) is 0. The van der Waals surface area contributed by atoms with Crippen molar-refractivity contribution < 1.29 is 48.0 Å². The zero-order valence-electron chi connectivity index (χ0n) is 30.7. The van der Waals surface area contributed by atoms with Gasteiger partial charge in [-0.15, -0.1) is 0 Å². The highest BCUT2D eigenvalue weighted by molar-refractivity contribution is 9.10. The molecule has 3 aromatic rings.